The summed E-state index contributed by atoms with van der Waals surface area (Å²) in [6, 6.07) is 6.74. The molecule has 21 heavy (non-hydrogen) atoms. The van der Waals surface area contributed by atoms with Gasteiger partial charge in [-0.15, -0.1) is 12.4 Å². The van der Waals surface area contributed by atoms with E-state index in [1.807, 2.05) is 12.1 Å². The summed E-state index contributed by atoms with van der Waals surface area (Å²) in [5.41, 5.74) is 1.09. The number of likely N-dealkylation sites (tertiary alicyclic amines) is 1. The summed E-state index contributed by atoms with van der Waals surface area (Å²) in [6.07, 6.45) is 9.13. The minimum Gasteiger partial charge on any atom is -0.300 e. The number of piperidine rings is 1. The van der Waals surface area contributed by atoms with Gasteiger partial charge in [-0.1, -0.05) is 30.7 Å². The van der Waals surface area contributed by atoms with Gasteiger partial charge < -0.3 is 0 Å². The third kappa shape index (κ3) is 6.18. The van der Waals surface area contributed by atoms with Crippen LogP contribution in [-0.2, 0) is 16.4 Å². The van der Waals surface area contributed by atoms with Gasteiger partial charge in [0.1, 0.15) is 0 Å². The Morgan fingerprint density at radius 2 is 1.67 bits per heavy atom. The highest BCUT2D eigenvalue weighted by atomic mass is 35.5. The summed E-state index contributed by atoms with van der Waals surface area (Å²) in [4.78, 5) is 2.63. The molecule has 4 nitrogen and oxygen atoms in total. The highest BCUT2D eigenvalue weighted by Gasteiger charge is 2.07. The van der Waals surface area contributed by atoms with Gasteiger partial charge in [0.25, 0.3) is 0 Å². The molecule has 0 amide bonds. The van der Waals surface area contributed by atoms with E-state index in [1.165, 1.54) is 32.4 Å². The molecule has 2 rings (SSSR count). The zero-order valence-corrected chi connectivity index (χ0v) is 13.7. The minimum atomic E-state index is -3.58. The molecule has 1 heterocycles. The first-order valence-electron chi connectivity index (χ1n) is 7.05. The average molecular weight is 331 g/mol. The van der Waals surface area contributed by atoms with Crippen LogP contribution in [0.15, 0.2) is 41.3 Å². The maximum atomic E-state index is 11.1. The zero-order valence-electron chi connectivity index (χ0n) is 12.1. The second-order valence-electron chi connectivity index (χ2n) is 5.23. The van der Waals surface area contributed by atoms with Crippen LogP contribution < -0.4 is 5.14 Å². The molecular weight excluding hydrogens is 308 g/mol. The van der Waals surface area contributed by atoms with Gasteiger partial charge >= 0.3 is 0 Å². The van der Waals surface area contributed by atoms with Crippen molar-refractivity contribution in [1.29, 1.82) is 0 Å². The lowest BCUT2D eigenvalue weighted by Crippen LogP contribution is -2.29. The minimum absolute atomic E-state index is 0. The standard InChI is InChI=1S/C15H22N2O2S.ClH/c16-20(18,19)15-9-7-14(8-10-15)6-2-5-13-17-11-3-1-4-12-17;/h2,5,7-10H,1,3-4,6,11-13H2,(H2,16,18,19);1H. The van der Waals surface area contributed by atoms with Crippen molar-refractivity contribution in [3.05, 3.63) is 42.0 Å². The lowest BCUT2D eigenvalue weighted by molar-refractivity contribution is 0.251. The van der Waals surface area contributed by atoms with Crippen molar-refractivity contribution < 1.29 is 8.42 Å². The normalized spacial score (nSPS) is 16.8. The average Bonchev–Trinajstić information content (AvgIpc) is 2.44. The maximum Gasteiger partial charge on any atom is 0.238 e. The molecule has 1 aliphatic heterocycles. The summed E-state index contributed by atoms with van der Waals surface area (Å²) in [5.74, 6) is 0. The number of hydrogen-bond acceptors (Lipinski definition) is 3. The highest BCUT2D eigenvalue weighted by Crippen LogP contribution is 2.10. The van der Waals surface area contributed by atoms with Gasteiger partial charge in [0, 0.05) is 6.54 Å². The van der Waals surface area contributed by atoms with Crippen molar-refractivity contribution in [3.63, 3.8) is 0 Å². The second-order valence-corrected chi connectivity index (χ2v) is 6.79. The molecule has 0 bridgehead atoms. The SMILES string of the molecule is Cl.NS(=O)(=O)c1ccc(CC=CCN2CCCCC2)cc1. The summed E-state index contributed by atoms with van der Waals surface area (Å²) in [7, 11) is -3.58. The van der Waals surface area contributed by atoms with Crippen LogP contribution in [0, 0.1) is 0 Å². The van der Waals surface area contributed by atoms with E-state index in [1.54, 1.807) is 12.1 Å². The van der Waals surface area contributed by atoms with E-state index in [9.17, 15) is 8.42 Å². The predicted molar refractivity (Wildman–Crippen MR) is 88.2 cm³/mol. The summed E-state index contributed by atoms with van der Waals surface area (Å²) in [5, 5.41) is 5.06. The molecular formula is C15H23ClN2O2S. The second kappa shape index (κ2) is 8.54. The molecule has 1 aromatic carbocycles. The Labute approximate surface area is 133 Å². The number of nitrogens with two attached hydrogens (primary N) is 1. The molecule has 0 saturated carbocycles. The Morgan fingerprint density at radius 1 is 1.05 bits per heavy atom. The molecule has 0 unspecified atom stereocenters. The number of rotatable bonds is 5. The number of allylic oxidation sites excluding steroid dienone is 1. The van der Waals surface area contributed by atoms with E-state index in [2.05, 4.69) is 17.1 Å². The Bertz CT molecular complexity index is 550. The van der Waals surface area contributed by atoms with E-state index in [-0.39, 0.29) is 17.3 Å². The van der Waals surface area contributed by atoms with Crippen LogP contribution in [-0.4, -0.2) is 33.0 Å². The number of sulfonamides is 1. The summed E-state index contributed by atoms with van der Waals surface area (Å²) < 4.78 is 22.3. The highest BCUT2D eigenvalue weighted by molar-refractivity contribution is 7.89. The molecule has 0 aliphatic carbocycles. The van der Waals surface area contributed by atoms with E-state index in [0.29, 0.717) is 0 Å². The maximum absolute atomic E-state index is 11.1. The van der Waals surface area contributed by atoms with E-state index < -0.39 is 10.0 Å². The zero-order chi connectivity index (χ0) is 14.4. The molecule has 118 valence electrons. The molecule has 1 aliphatic rings. The monoisotopic (exact) mass is 330 g/mol. The van der Waals surface area contributed by atoms with Gasteiger partial charge in [-0.05, 0) is 50.0 Å². The number of halogens is 1. The largest absolute Gasteiger partial charge is 0.300 e. The Kier molecular flexibility index (Phi) is 7.39. The van der Waals surface area contributed by atoms with Crippen LogP contribution in [0.2, 0.25) is 0 Å². The van der Waals surface area contributed by atoms with Crippen molar-refractivity contribution in [2.75, 3.05) is 19.6 Å². The van der Waals surface area contributed by atoms with Gasteiger partial charge in [0.05, 0.1) is 4.90 Å². The Hall–Kier alpha value is -0.880. The van der Waals surface area contributed by atoms with Crippen LogP contribution in [0.5, 0.6) is 0 Å². The third-order valence-electron chi connectivity index (χ3n) is 3.58. The van der Waals surface area contributed by atoms with Crippen molar-refractivity contribution in [1.82, 2.24) is 4.90 Å². The summed E-state index contributed by atoms with van der Waals surface area (Å²) in [6.45, 7) is 3.41. The van der Waals surface area contributed by atoms with Gasteiger partial charge in [-0.2, -0.15) is 0 Å². The van der Waals surface area contributed by atoms with Crippen LogP contribution >= 0.6 is 12.4 Å². The fourth-order valence-corrected chi connectivity index (χ4v) is 2.92. The van der Waals surface area contributed by atoms with E-state index in [4.69, 9.17) is 5.14 Å². The first-order valence-corrected chi connectivity index (χ1v) is 8.59. The van der Waals surface area contributed by atoms with E-state index >= 15 is 0 Å². The first kappa shape index (κ1) is 18.2. The molecule has 0 radical (unpaired) electrons. The topological polar surface area (TPSA) is 63.4 Å². The fraction of sp³-hybridized carbons (Fsp3) is 0.467. The van der Waals surface area contributed by atoms with Crippen molar-refractivity contribution in [3.8, 4) is 0 Å². The quantitative estimate of drug-likeness (QED) is 0.843. The van der Waals surface area contributed by atoms with Crippen LogP contribution in [0.25, 0.3) is 0 Å². The number of benzene rings is 1. The lowest BCUT2D eigenvalue weighted by atomic mass is 10.1. The number of primary sulfonamides is 1. The molecule has 1 fully saturated rings. The predicted octanol–water partition coefficient (Wildman–Crippen LogP) is 2.34. The van der Waals surface area contributed by atoms with Crippen LogP contribution in [0.1, 0.15) is 24.8 Å². The fourth-order valence-electron chi connectivity index (χ4n) is 2.40. The van der Waals surface area contributed by atoms with Crippen molar-refractivity contribution >= 4 is 22.4 Å². The molecule has 0 atom stereocenters. The van der Waals surface area contributed by atoms with Crippen molar-refractivity contribution in [2.45, 2.75) is 30.6 Å². The van der Waals surface area contributed by atoms with E-state index in [0.717, 1.165) is 18.5 Å². The van der Waals surface area contributed by atoms with Gasteiger partial charge in [0.2, 0.25) is 10.0 Å². The third-order valence-corrected chi connectivity index (χ3v) is 4.51. The number of nitrogens with zero attached hydrogens (tertiary/aromatic N) is 1. The molecule has 6 heteroatoms. The van der Waals surface area contributed by atoms with Gasteiger partial charge in [-0.3, -0.25) is 4.90 Å². The number of hydrogen-bond donors (Lipinski definition) is 1. The smallest absolute Gasteiger partial charge is 0.238 e. The van der Waals surface area contributed by atoms with Gasteiger partial charge in [0.15, 0.2) is 0 Å². The summed E-state index contributed by atoms with van der Waals surface area (Å²) >= 11 is 0. The van der Waals surface area contributed by atoms with Crippen LogP contribution in [0.4, 0.5) is 0 Å². The molecule has 0 spiro atoms. The van der Waals surface area contributed by atoms with Gasteiger partial charge in [-0.25, -0.2) is 13.6 Å². The molecule has 1 saturated heterocycles. The lowest BCUT2D eigenvalue weighted by Gasteiger charge is -2.24. The molecule has 2 N–H and O–H groups in total. The van der Waals surface area contributed by atoms with Crippen LogP contribution in [0.3, 0.4) is 0 Å². The first-order chi connectivity index (χ1) is 9.55. The Morgan fingerprint density at radius 3 is 2.24 bits per heavy atom. The Balaban J connectivity index is 0.00000220. The van der Waals surface area contributed by atoms with Crippen molar-refractivity contribution in [2.24, 2.45) is 5.14 Å². The molecule has 1 aromatic rings. The molecule has 0 aromatic heterocycles.